The molecular formula is C7H16NO2S+. The quantitative estimate of drug-likeness (QED) is 0.465. The van der Waals surface area contributed by atoms with Crippen molar-refractivity contribution in [3.8, 4) is 0 Å². The molecule has 4 heteroatoms. The van der Waals surface area contributed by atoms with Crippen LogP contribution in [0.1, 0.15) is 20.3 Å². The van der Waals surface area contributed by atoms with E-state index in [4.69, 9.17) is 4.74 Å². The third kappa shape index (κ3) is 5.09. The molecule has 0 saturated heterocycles. The normalized spacial score (nSPS) is 15.6. The van der Waals surface area contributed by atoms with E-state index in [0.29, 0.717) is 0 Å². The van der Waals surface area contributed by atoms with E-state index in [0.717, 1.165) is 12.2 Å². The Balaban J connectivity index is 3.79. The van der Waals surface area contributed by atoms with Crippen molar-refractivity contribution in [2.75, 3.05) is 5.75 Å². The summed E-state index contributed by atoms with van der Waals surface area (Å²) in [5.41, 5.74) is 3.80. The van der Waals surface area contributed by atoms with Crippen LogP contribution in [0.4, 0.5) is 0 Å². The van der Waals surface area contributed by atoms with Crippen LogP contribution in [0.5, 0.6) is 0 Å². The third-order valence-electron chi connectivity index (χ3n) is 1.37. The molecule has 0 amide bonds. The number of thiol groups is 1. The van der Waals surface area contributed by atoms with Gasteiger partial charge in [0.05, 0.1) is 0 Å². The highest BCUT2D eigenvalue weighted by molar-refractivity contribution is 7.80. The van der Waals surface area contributed by atoms with Crippen LogP contribution in [0.15, 0.2) is 0 Å². The molecule has 3 nitrogen and oxygen atoms in total. The summed E-state index contributed by atoms with van der Waals surface area (Å²) in [6.45, 7) is 3.34. The van der Waals surface area contributed by atoms with Gasteiger partial charge in [-0.3, -0.25) is 4.79 Å². The molecule has 0 aromatic heterocycles. The highest BCUT2D eigenvalue weighted by atomic mass is 32.1. The number of rotatable bonds is 4. The van der Waals surface area contributed by atoms with Crippen molar-refractivity contribution in [3.63, 3.8) is 0 Å². The molecular weight excluding hydrogens is 162 g/mol. The van der Waals surface area contributed by atoms with Gasteiger partial charge in [0.25, 0.3) is 0 Å². The first-order valence-electron chi connectivity index (χ1n) is 3.69. The van der Waals surface area contributed by atoms with Crippen molar-refractivity contribution in [1.82, 2.24) is 0 Å². The first kappa shape index (κ1) is 10.8. The minimum Gasteiger partial charge on any atom is -0.456 e. The summed E-state index contributed by atoms with van der Waals surface area (Å²) in [6.07, 6.45) is 0.692. The molecule has 3 N–H and O–H groups in total. The molecule has 0 aliphatic heterocycles. The Morgan fingerprint density at radius 2 is 2.27 bits per heavy atom. The molecule has 2 atom stereocenters. The molecule has 0 aromatic carbocycles. The molecule has 0 radical (unpaired) electrons. The molecule has 0 spiro atoms. The largest absolute Gasteiger partial charge is 0.456 e. The molecule has 0 rings (SSSR count). The summed E-state index contributed by atoms with van der Waals surface area (Å²) >= 11 is 4.06. The number of quaternary nitrogens is 1. The van der Waals surface area contributed by atoms with Crippen molar-refractivity contribution >= 4 is 18.6 Å². The molecule has 11 heavy (non-hydrogen) atoms. The Hall–Kier alpha value is -0.220. The number of carbonyl (C=O) groups is 1. The topological polar surface area (TPSA) is 53.9 Å². The Bertz CT molecular complexity index is 128. The zero-order valence-corrected chi connectivity index (χ0v) is 7.93. The SMILES string of the molecule is CC(=O)OC(CCS)C(C)[NH3+]. The second-order valence-corrected chi connectivity index (χ2v) is 3.08. The van der Waals surface area contributed by atoms with Gasteiger partial charge in [-0.2, -0.15) is 12.6 Å². The molecule has 0 aliphatic rings. The van der Waals surface area contributed by atoms with Gasteiger partial charge < -0.3 is 10.5 Å². The van der Waals surface area contributed by atoms with Crippen LogP contribution in [-0.4, -0.2) is 23.9 Å². The molecule has 2 unspecified atom stereocenters. The van der Waals surface area contributed by atoms with Gasteiger partial charge in [-0.1, -0.05) is 0 Å². The number of esters is 1. The van der Waals surface area contributed by atoms with Crippen LogP contribution < -0.4 is 5.73 Å². The van der Waals surface area contributed by atoms with E-state index in [1.165, 1.54) is 6.92 Å². The minimum absolute atomic E-state index is 0.0787. The van der Waals surface area contributed by atoms with Crippen molar-refractivity contribution in [2.24, 2.45) is 0 Å². The number of ether oxygens (including phenoxy) is 1. The third-order valence-corrected chi connectivity index (χ3v) is 1.62. The summed E-state index contributed by atoms with van der Waals surface area (Å²) in [5.74, 6) is 0.477. The van der Waals surface area contributed by atoms with Gasteiger partial charge in [-0.05, 0) is 19.1 Å². The lowest BCUT2D eigenvalue weighted by Gasteiger charge is -2.16. The number of hydrogen-bond acceptors (Lipinski definition) is 3. The van der Waals surface area contributed by atoms with Crippen LogP contribution in [-0.2, 0) is 9.53 Å². The molecule has 0 fully saturated rings. The van der Waals surface area contributed by atoms with Gasteiger partial charge in [0, 0.05) is 6.92 Å². The minimum atomic E-state index is -0.243. The summed E-state index contributed by atoms with van der Waals surface area (Å²) in [4.78, 5) is 10.6. The van der Waals surface area contributed by atoms with Crippen LogP contribution in [0.25, 0.3) is 0 Å². The molecule has 0 aromatic rings. The van der Waals surface area contributed by atoms with Crippen molar-refractivity contribution in [1.29, 1.82) is 0 Å². The number of carbonyl (C=O) groups excluding carboxylic acids is 1. The van der Waals surface area contributed by atoms with Crippen LogP contribution >= 0.6 is 12.6 Å². The van der Waals surface area contributed by atoms with Gasteiger partial charge in [0.2, 0.25) is 0 Å². The fraction of sp³-hybridized carbons (Fsp3) is 0.857. The van der Waals surface area contributed by atoms with E-state index in [2.05, 4.69) is 18.4 Å². The van der Waals surface area contributed by atoms with Crippen LogP contribution in [0.3, 0.4) is 0 Å². The molecule has 0 heterocycles. The second kappa shape index (κ2) is 5.43. The molecule has 0 saturated carbocycles. The Kier molecular flexibility index (Phi) is 5.32. The maximum atomic E-state index is 10.6. The van der Waals surface area contributed by atoms with Gasteiger partial charge in [-0.15, -0.1) is 0 Å². The van der Waals surface area contributed by atoms with E-state index in [9.17, 15) is 4.79 Å². The van der Waals surface area contributed by atoms with E-state index in [1.54, 1.807) is 0 Å². The van der Waals surface area contributed by atoms with Gasteiger partial charge >= 0.3 is 5.97 Å². The number of hydrogen-bond donors (Lipinski definition) is 2. The monoisotopic (exact) mass is 178 g/mol. The molecule has 66 valence electrons. The summed E-state index contributed by atoms with van der Waals surface area (Å²) < 4.78 is 5.00. The van der Waals surface area contributed by atoms with E-state index in [1.807, 2.05) is 6.92 Å². The Labute approximate surface area is 72.7 Å². The smallest absolute Gasteiger partial charge is 0.303 e. The van der Waals surface area contributed by atoms with E-state index < -0.39 is 0 Å². The van der Waals surface area contributed by atoms with Gasteiger partial charge in [0.15, 0.2) is 6.10 Å². The molecule has 0 bridgehead atoms. The highest BCUT2D eigenvalue weighted by Gasteiger charge is 2.18. The fourth-order valence-electron chi connectivity index (χ4n) is 0.800. The van der Waals surface area contributed by atoms with E-state index in [-0.39, 0.29) is 18.1 Å². The summed E-state index contributed by atoms with van der Waals surface area (Å²) in [5, 5.41) is 0. The second-order valence-electron chi connectivity index (χ2n) is 2.64. The predicted octanol–water partition coefficient (Wildman–Crippen LogP) is -0.132. The van der Waals surface area contributed by atoms with Crippen molar-refractivity contribution in [3.05, 3.63) is 0 Å². The standard InChI is InChI=1S/C7H15NO2S/c1-5(8)7(3-4-11)10-6(2)9/h5,7,11H,3-4,8H2,1-2H3/p+1. The zero-order valence-electron chi connectivity index (χ0n) is 7.04. The van der Waals surface area contributed by atoms with Gasteiger partial charge in [0.1, 0.15) is 6.04 Å². The lowest BCUT2D eigenvalue weighted by Crippen LogP contribution is -2.65. The molecule has 0 aliphatic carbocycles. The lowest BCUT2D eigenvalue weighted by atomic mass is 10.1. The predicted molar refractivity (Wildman–Crippen MR) is 46.4 cm³/mol. The fourth-order valence-corrected chi connectivity index (χ4v) is 1.05. The Morgan fingerprint density at radius 3 is 2.55 bits per heavy atom. The van der Waals surface area contributed by atoms with Gasteiger partial charge in [-0.25, -0.2) is 0 Å². The average Bonchev–Trinajstić information content (AvgIpc) is 1.86. The average molecular weight is 178 g/mol. The maximum Gasteiger partial charge on any atom is 0.303 e. The van der Waals surface area contributed by atoms with E-state index >= 15 is 0 Å². The lowest BCUT2D eigenvalue weighted by molar-refractivity contribution is -0.431. The van der Waals surface area contributed by atoms with Crippen LogP contribution in [0, 0.1) is 0 Å². The van der Waals surface area contributed by atoms with Crippen molar-refractivity contribution in [2.45, 2.75) is 32.4 Å². The highest BCUT2D eigenvalue weighted by Crippen LogP contribution is 2.02. The first-order valence-corrected chi connectivity index (χ1v) is 4.32. The zero-order chi connectivity index (χ0) is 8.85. The van der Waals surface area contributed by atoms with Crippen molar-refractivity contribution < 1.29 is 15.3 Å². The first-order chi connectivity index (χ1) is 5.07. The Morgan fingerprint density at radius 1 is 1.73 bits per heavy atom. The summed E-state index contributed by atoms with van der Waals surface area (Å²) in [6, 6.07) is 0.131. The maximum absolute atomic E-state index is 10.6. The summed E-state index contributed by atoms with van der Waals surface area (Å²) in [7, 11) is 0. The van der Waals surface area contributed by atoms with Crippen LogP contribution in [0.2, 0.25) is 0 Å².